The second kappa shape index (κ2) is 5.64. The Labute approximate surface area is 116 Å². The van der Waals surface area contributed by atoms with Gasteiger partial charge >= 0.3 is 5.97 Å². The van der Waals surface area contributed by atoms with Crippen molar-refractivity contribution in [3.63, 3.8) is 0 Å². The molecule has 0 saturated heterocycles. The smallest absolute Gasteiger partial charge is 0.336 e. The number of hydrogen-bond acceptors (Lipinski definition) is 5. The minimum Gasteiger partial charge on any atom is -0.467 e. The van der Waals surface area contributed by atoms with Gasteiger partial charge in [0.05, 0.1) is 13.4 Å². The fourth-order valence-corrected chi connectivity index (χ4v) is 2.51. The van der Waals surface area contributed by atoms with Crippen LogP contribution in [0.1, 0.15) is 5.69 Å². The summed E-state index contributed by atoms with van der Waals surface area (Å²) >= 11 is 0. The number of carbonyl (C=O) groups is 1. The highest BCUT2D eigenvalue weighted by Crippen LogP contribution is 2.17. The zero-order chi connectivity index (χ0) is 14.8. The van der Waals surface area contributed by atoms with E-state index in [-0.39, 0.29) is 6.42 Å². The summed E-state index contributed by atoms with van der Waals surface area (Å²) in [4.78, 5) is 14.7. The van der Waals surface area contributed by atoms with E-state index < -0.39 is 22.2 Å². The van der Waals surface area contributed by atoms with Crippen molar-refractivity contribution < 1.29 is 22.1 Å². The molecule has 1 N–H and O–H groups in total. The molecule has 1 aromatic heterocycles. The van der Waals surface area contributed by atoms with Crippen LogP contribution < -0.4 is 0 Å². The number of para-hydroxylation sites is 1. The Morgan fingerprint density at radius 1 is 1.35 bits per heavy atom. The van der Waals surface area contributed by atoms with Gasteiger partial charge < -0.3 is 9.72 Å². The summed E-state index contributed by atoms with van der Waals surface area (Å²) < 4.78 is 31.7. The van der Waals surface area contributed by atoms with Gasteiger partial charge in [-0.25, -0.2) is 4.79 Å². The van der Waals surface area contributed by atoms with Crippen LogP contribution in [-0.4, -0.2) is 38.8 Å². The van der Waals surface area contributed by atoms with Crippen molar-refractivity contribution >= 4 is 27.0 Å². The van der Waals surface area contributed by atoms with Gasteiger partial charge in [0.2, 0.25) is 0 Å². The average Bonchev–Trinajstić information content (AvgIpc) is 2.77. The number of carbonyl (C=O) groups excluding carboxylic acids is 1. The molecule has 0 saturated carbocycles. The lowest BCUT2D eigenvalue weighted by Crippen LogP contribution is -2.30. The lowest BCUT2D eigenvalue weighted by atomic mass is 10.2. The number of rotatable bonds is 5. The van der Waals surface area contributed by atoms with Gasteiger partial charge in [-0.05, 0) is 17.5 Å². The molecule has 0 amide bonds. The lowest BCUT2D eigenvalue weighted by molar-refractivity contribution is -0.148. The molecule has 0 bridgehead atoms. The van der Waals surface area contributed by atoms with Crippen LogP contribution in [0.5, 0.6) is 0 Å². The highest BCUT2D eigenvalue weighted by atomic mass is 32.2. The summed E-state index contributed by atoms with van der Waals surface area (Å²) in [6.07, 6.45) is -0.203. The van der Waals surface area contributed by atoms with E-state index in [0.717, 1.165) is 17.2 Å². The first-order chi connectivity index (χ1) is 9.39. The van der Waals surface area contributed by atoms with E-state index >= 15 is 0 Å². The molecule has 6 nitrogen and oxygen atoms in total. The highest BCUT2D eigenvalue weighted by Gasteiger charge is 2.25. The predicted molar refractivity (Wildman–Crippen MR) is 73.7 cm³/mol. The molecule has 1 heterocycles. The summed E-state index contributed by atoms with van der Waals surface area (Å²) in [5.74, 6) is -0.728. The van der Waals surface area contributed by atoms with E-state index in [1.807, 2.05) is 30.3 Å². The molecule has 0 aliphatic rings. The molecule has 0 radical (unpaired) electrons. The molecule has 2 rings (SSSR count). The van der Waals surface area contributed by atoms with E-state index in [1.54, 1.807) is 0 Å². The van der Waals surface area contributed by atoms with Gasteiger partial charge in [-0.3, -0.25) is 4.18 Å². The Balaban J connectivity index is 2.24. The standard InChI is InChI=1S/C13H15NO5S/c1-18-13(15)12(19-20(2,16)17)8-10-7-9-5-3-4-6-11(9)14-10/h3-7,12,14H,8H2,1-2H3. The molecule has 108 valence electrons. The molecule has 0 aliphatic heterocycles. The molecular formula is C13H15NO5S. The highest BCUT2D eigenvalue weighted by molar-refractivity contribution is 7.86. The number of aromatic nitrogens is 1. The topological polar surface area (TPSA) is 85.5 Å². The Morgan fingerprint density at radius 3 is 2.65 bits per heavy atom. The van der Waals surface area contributed by atoms with Crippen molar-refractivity contribution in [2.45, 2.75) is 12.5 Å². The third kappa shape index (κ3) is 3.58. The normalized spacial score (nSPS) is 13.3. The monoisotopic (exact) mass is 297 g/mol. The third-order valence-electron chi connectivity index (χ3n) is 2.75. The molecule has 1 aromatic carbocycles. The van der Waals surface area contributed by atoms with Crippen LogP contribution in [0.15, 0.2) is 30.3 Å². The molecule has 0 spiro atoms. The Kier molecular flexibility index (Phi) is 4.10. The van der Waals surface area contributed by atoms with Gasteiger partial charge in [0, 0.05) is 17.6 Å². The molecule has 1 atom stereocenters. The maximum Gasteiger partial charge on any atom is 0.336 e. The Bertz CT molecular complexity index is 686. The first-order valence-electron chi connectivity index (χ1n) is 5.92. The van der Waals surface area contributed by atoms with Crippen molar-refractivity contribution in [3.05, 3.63) is 36.0 Å². The van der Waals surface area contributed by atoms with Crippen LogP contribution in [0.2, 0.25) is 0 Å². The van der Waals surface area contributed by atoms with Crippen molar-refractivity contribution in [1.82, 2.24) is 4.98 Å². The zero-order valence-electron chi connectivity index (χ0n) is 11.1. The summed E-state index contributed by atoms with van der Waals surface area (Å²) in [6, 6.07) is 9.43. The molecule has 20 heavy (non-hydrogen) atoms. The number of aromatic amines is 1. The minimum atomic E-state index is -3.74. The van der Waals surface area contributed by atoms with E-state index in [4.69, 9.17) is 4.18 Å². The minimum absolute atomic E-state index is 0.0917. The molecule has 1 unspecified atom stereocenters. The van der Waals surface area contributed by atoms with Gasteiger partial charge in [-0.2, -0.15) is 8.42 Å². The number of nitrogens with one attached hydrogen (secondary N) is 1. The molecule has 2 aromatic rings. The second-order valence-corrected chi connectivity index (χ2v) is 6.00. The Hall–Kier alpha value is -1.86. The van der Waals surface area contributed by atoms with Crippen molar-refractivity contribution in [1.29, 1.82) is 0 Å². The first-order valence-corrected chi connectivity index (χ1v) is 7.73. The van der Waals surface area contributed by atoms with Crippen LogP contribution in [0.4, 0.5) is 0 Å². The number of methoxy groups -OCH3 is 1. The van der Waals surface area contributed by atoms with E-state index in [0.29, 0.717) is 5.69 Å². The SMILES string of the molecule is COC(=O)C(Cc1cc2ccccc2[nH]1)OS(C)(=O)=O. The Morgan fingerprint density at radius 2 is 2.05 bits per heavy atom. The van der Waals surface area contributed by atoms with Crippen LogP contribution in [0.3, 0.4) is 0 Å². The largest absolute Gasteiger partial charge is 0.467 e. The van der Waals surface area contributed by atoms with Crippen molar-refractivity contribution in [3.8, 4) is 0 Å². The summed E-state index contributed by atoms with van der Waals surface area (Å²) in [7, 11) is -2.56. The number of fused-ring (bicyclic) bond motifs is 1. The average molecular weight is 297 g/mol. The van der Waals surface area contributed by atoms with Gasteiger partial charge in [0.1, 0.15) is 0 Å². The van der Waals surface area contributed by atoms with E-state index in [2.05, 4.69) is 9.72 Å². The van der Waals surface area contributed by atoms with Gasteiger partial charge in [0.25, 0.3) is 10.1 Å². The maximum absolute atomic E-state index is 11.6. The maximum atomic E-state index is 11.6. The van der Waals surface area contributed by atoms with Crippen molar-refractivity contribution in [2.24, 2.45) is 0 Å². The number of ether oxygens (including phenoxy) is 1. The van der Waals surface area contributed by atoms with Gasteiger partial charge in [-0.1, -0.05) is 18.2 Å². The second-order valence-electron chi connectivity index (χ2n) is 4.40. The molecule has 7 heteroatoms. The molecule has 0 fully saturated rings. The zero-order valence-corrected chi connectivity index (χ0v) is 11.9. The quantitative estimate of drug-likeness (QED) is 0.662. The molecule has 0 aliphatic carbocycles. The predicted octanol–water partition coefficient (Wildman–Crippen LogP) is 1.23. The van der Waals surface area contributed by atoms with Crippen LogP contribution in [0.25, 0.3) is 10.9 Å². The summed E-state index contributed by atoms with van der Waals surface area (Å²) in [5.41, 5.74) is 1.61. The summed E-state index contributed by atoms with van der Waals surface area (Å²) in [6.45, 7) is 0. The fraction of sp³-hybridized carbons (Fsp3) is 0.308. The van der Waals surface area contributed by atoms with Crippen LogP contribution >= 0.6 is 0 Å². The number of esters is 1. The fourth-order valence-electron chi connectivity index (χ4n) is 1.94. The van der Waals surface area contributed by atoms with Gasteiger partial charge in [0.15, 0.2) is 6.10 Å². The molecular weight excluding hydrogens is 282 g/mol. The van der Waals surface area contributed by atoms with Gasteiger partial charge in [-0.15, -0.1) is 0 Å². The number of H-pyrrole nitrogens is 1. The lowest BCUT2D eigenvalue weighted by Gasteiger charge is -2.12. The number of hydrogen-bond donors (Lipinski definition) is 1. The summed E-state index contributed by atoms with van der Waals surface area (Å²) in [5, 5.41) is 0.977. The number of benzene rings is 1. The van der Waals surface area contributed by atoms with Crippen molar-refractivity contribution in [2.75, 3.05) is 13.4 Å². The van der Waals surface area contributed by atoms with Crippen LogP contribution in [-0.2, 0) is 30.3 Å². The third-order valence-corrected chi connectivity index (χ3v) is 3.33. The first kappa shape index (κ1) is 14.5. The van der Waals surface area contributed by atoms with E-state index in [1.165, 1.54) is 7.11 Å². The van der Waals surface area contributed by atoms with Crippen LogP contribution in [0, 0.1) is 0 Å². The van der Waals surface area contributed by atoms with E-state index in [9.17, 15) is 13.2 Å².